The summed E-state index contributed by atoms with van der Waals surface area (Å²) in [6.07, 6.45) is 6.60. The molecule has 0 spiro atoms. The molecule has 2 fully saturated rings. The Hall–Kier alpha value is -0.850. The van der Waals surface area contributed by atoms with E-state index in [1.165, 1.54) is 0 Å². The fraction of sp³-hybridized carbons (Fsp3) is 0.889. The number of rotatable bonds is 8. The molecule has 2 aliphatic rings. The topological polar surface area (TPSA) is 79.5 Å². The van der Waals surface area contributed by atoms with Gasteiger partial charge in [-0.3, -0.25) is 9.59 Å². The van der Waals surface area contributed by atoms with E-state index in [1.807, 2.05) is 6.92 Å². The summed E-state index contributed by atoms with van der Waals surface area (Å²) < 4.78 is 5.37. The van der Waals surface area contributed by atoms with Gasteiger partial charge in [-0.05, 0) is 45.7 Å². The predicted molar refractivity (Wildman–Crippen MR) is 101 cm³/mol. The van der Waals surface area contributed by atoms with Gasteiger partial charge in [-0.25, -0.2) is 0 Å². The average molecular weight is 376 g/mol. The number of carbonyl (C=O) groups excluding carboxylic acids is 2. The number of methoxy groups -OCH3 is 1. The van der Waals surface area contributed by atoms with E-state index in [-0.39, 0.29) is 41.6 Å². The first-order chi connectivity index (χ1) is 11.5. The number of nitrogens with one attached hydrogen (secondary N) is 3. The van der Waals surface area contributed by atoms with Crippen molar-refractivity contribution < 1.29 is 14.3 Å². The Morgan fingerprint density at radius 2 is 1.88 bits per heavy atom. The molecule has 25 heavy (non-hydrogen) atoms. The van der Waals surface area contributed by atoms with Crippen molar-refractivity contribution in [2.75, 3.05) is 33.4 Å². The Bertz CT molecular complexity index is 416. The molecule has 1 unspecified atom stereocenters. The first-order valence-electron chi connectivity index (χ1n) is 9.31. The van der Waals surface area contributed by atoms with Gasteiger partial charge >= 0.3 is 0 Å². The molecule has 6 nitrogen and oxygen atoms in total. The summed E-state index contributed by atoms with van der Waals surface area (Å²) in [6, 6.07) is -0.121. The molecule has 1 aliphatic heterocycles. The quantitative estimate of drug-likeness (QED) is 0.602. The van der Waals surface area contributed by atoms with Gasteiger partial charge in [-0.1, -0.05) is 12.8 Å². The molecule has 1 atom stereocenters. The molecule has 1 aliphatic carbocycles. The van der Waals surface area contributed by atoms with Crippen LogP contribution in [-0.2, 0) is 14.3 Å². The summed E-state index contributed by atoms with van der Waals surface area (Å²) in [5, 5.41) is 9.39. The van der Waals surface area contributed by atoms with Gasteiger partial charge in [0.2, 0.25) is 11.8 Å². The number of hydrogen-bond acceptors (Lipinski definition) is 4. The Morgan fingerprint density at radius 1 is 1.24 bits per heavy atom. The molecule has 1 saturated heterocycles. The third-order valence-electron chi connectivity index (χ3n) is 5.38. The highest BCUT2D eigenvalue weighted by Gasteiger charge is 2.32. The van der Waals surface area contributed by atoms with Gasteiger partial charge in [0.1, 0.15) is 0 Å². The fourth-order valence-corrected chi connectivity index (χ4v) is 3.87. The van der Waals surface area contributed by atoms with Gasteiger partial charge in [0, 0.05) is 37.5 Å². The lowest BCUT2D eigenvalue weighted by Crippen LogP contribution is -2.48. The second-order valence-corrected chi connectivity index (χ2v) is 7.55. The summed E-state index contributed by atoms with van der Waals surface area (Å²) >= 11 is 0. The molecule has 0 aromatic heterocycles. The van der Waals surface area contributed by atoms with Gasteiger partial charge in [0.05, 0.1) is 6.61 Å². The Labute approximate surface area is 157 Å². The van der Waals surface area contributed by atoms with Crippen LogP contribution in [0.4, 0.5) is 0 Å². The molecule has 0 aromatic rings. The van der Waals surface area contributed by atoms with Gasteiger partial charge < -0.3 is 20.7 Å². The largest absolute Gasteiger partial charge is 0.384 e. The minimum absolute atomic E-state index is 0. The lowest BCUT2D eigenvalue weighted by Gasteiger charge is -2.37. The van der Waals surface area contributed by atoms with Crippen molar-refractivity contribution in [3.63, 3.8) is 0 Å². The monoisotopic (exact) mass is 375 g/mol. The smallest absolute Gasteiger partial charge is 0.223 e. The number of carbonyl (C=O) groups is 2. The molecule has 1 heterocycles. The van der Waals surface area contributed by atoms with E-state index in [0.717, 1.165) is 51.6 Å². The zero-order chi connectivity index (χ0) is 17.4. The van der Waals surface area contributed by atoms with Crippen LogP contribution in [0, 0.1) is 11.3 Å². The zero-order valence-electron chi connectivity index (χ0n) is 15.6. The van der Waals surface area contributed by atoms with Crippen LogP contribution in [0.25, 0.3) is 0 Å². The molecular formula is C18H34ClN3O3. The van der Waals surface area contributed by atoms with Crippen molar-refractivity contribution in [3.8, 4) is 0 Å². The summed E-state index contributed by atoms with van der Waals surface area (Å²) in [4.78, 5) is 24.3. The number of piperidine rings is 1. The summed E-state index contributed by atoms with van der Waals surface area (Å²) in [5.41, 5.74) is 0.0337. The summed E-state index contributed by atoms with van der Waals surface area (Å²) in [5.74, 6) is 0.264. The van der Waals surface area contributed by atoms with Crippen LogP contribution in [0.3, 0.4) is 0 Å². The number of hydrogen-bond donors (Lipinski definition) is 3. The second-order valence-electron chi connectivity index (χ2n) is 7.55. The molecule has 7 heteroatoms. The van der Waals surface area contributed by atoms with Crippen molar-refractivity contribution in [3.05, 3.63) is 0 Å². The lowest BCUT2D eigenvalue weighted by molar-refractivity contribution is -0.126. The van der Waals surface area contributed by atoms with E-state index < -0.39 is 0 Å². The van der Waals surface area contributed by atoms with Crippen LogP contribution in [0.2, 0.25) is 0 Å². The van der Waals surface area contributed by atoms with Crippen LogP contribution < -0.4 is 16.0 Å². The first kappa shape index (κ1) is 22.2. The highest BCUT2D eigenvalue weighted by molar-refractivity contribution is 5.85. The van der Waals surface area contributed by atoms with Crippen molar-refractivity contribution >= 4 is 24.2 Å². The van der Waals surface area contributed by atoms with Gasteiger partial charge in [-0.2, -0.15) is 0 Å². The molecule has 0 radical (unpaired) electrons. The molecule has 146 valence electrons. The normalized spacial score (nSPS) is 21.2. The Kier molecular flexibility index (Phi) is 9.75. The van der Waals surface area contributed by atoms with Gasteiger partial charge in [0.15, 0.2) is 0 Å². The van der Waals surface area contributed by atoms with Crippen LogP contribution in [-0.4, -0.2) is 51.2 Å². The fourth-order valence-electron chi connectivity index (χ4n) is 3.87. The maximum atomic E-state index is 12.2. The van der Waals surface area contributed by atoms with E-state index in [1.54, 1.807) is 7.11 Å². The number of ether oxygens (including phenoxy) is 1. The van der Waals surface area contributed by atoms with E-state index in [2.05, 4.69) is 16.0 Å². The highest BCUT2D eigenvalue weighted by atomic mass is 35.5. The average Bonchev–Trinajstić information content (AvgIpc) is 3.09. The van der Waals surface area contributed by atoms with Crippen LogP contribution >= 0.6 is 12.4 Å². The predicted octanol–water partition coefficient (Wildman–Crippen LogP) is 1.63. The van der Waals surface area contributed by atoms with Crippen molar-refractivity contribution in [1.29, 1.82) is 0 Å². The van der Waals surface area contributed by atoms with E-state index >= 15 is 0 Å². The number of halogens is 1. The third-order valence-corrected chi connectivity index (χ3v) is 5.38. The third kappa shape index (κ3) is 7.12. The van der Waals surface area contributed by atoms with Gasteiger partial charge in [0.25, 0.3) is 0 Å². The summed E-state index contributed by atoms with van der Waals surface area (Å²) in [7, 11) is 1.71. The second kappa shape index (κ2) is 11.0. The van der Waals surface area contributed by atoms with E-state index in [0.29, 0.717) is 19.6 Å². The van der Waals surface area contributed by atoms with Crippen molar-refractivity contribution in [1.82, 2.24) is 16.0 Å². The van der Waals surface area contributed by atoms with Crippen molar-refractivity contribution in [2.45, 2.75) is 57.9 Å². The minimum atomic E-state index is -0.121. The Balaban J connectivity index is 0.00000312. The highest BCUT2D eigenvalue weighted by Crippen LogP contribution is 2.28. The number of amides is 2. The van der Waals surface area contributed by atoms with Crippen LogP contribution in [0.15, 0.2) is 0 Å². The van der Waals surface area contributed by atoms with Crippen LogP contribution in [0.5, 0.6) is 0 Å². The standard InChI is InChI=1S/C18H33N3O3.ClH/c1-14(21-17(23)15-5-3-4-6-15)11-16(22)20-12-18(13-24-2)7-9-19-10-8-18;/h14-15,19H,3-13H2,1-2H3,(H,20,22)(H,21,23);1H. The van der Waals surface area contributed by atoms with E-state index in [4.69, 9.17) is 4.74 Å². The van der Waals surface area contributed by atoms with Crippen LogP contribution in [0.1, 0.15) is 51.9 Å². The molecule has 3 N–H and O–H groups in total. The van der Waals surface area contributed by atoms with Gasteiger partial charge in [-0.15, -0.1) is 12.4 Å². The molecule has 1 saturated carbocycles. The Morgan fingerprint density at radius 3 is 2.48 bits per heavy atom. The minimum Gasteiger partial charge on any atom is -0.384 e. The molecule has 2 rings (SSSR count). The lowest BCUT2D eigenvalue weighted by atomic mass is 9.79. The maximum absolute atomic E-state index is 12.2. The summed E-state index contributed by atoms with van der Waals surface area (Å²) in [6.45, 7) is 5.15. The first-order valence-corrected chi connectivity index (χ1v) is 9.31. The zero-order valence-corrected chi connectivity index (χ0v) is 16.4. The SMILES string of the molecule is COCC1(CNC(=O)CC(C)NC(=O)C2CCCC2)CCNCC1.Cl. The molecule has 0 bridgehead atoms. The molecule has 2 amide bonds. The van der Waals surface area contributed by atoms with E-state index in [9.17, 15) is 9.59 Å². The maximum Gasteiger partial charge on any atom is 0.223 e. The van der Waals surface area contributed by atoms with Crippen molar-refractivity contribution in [2.24, 2.45) is 11.3 Å². The molecular weight excluding hydrogens is 342 g/mol. The molecule has 0 aromatic carbocycles.